The molecule has 1 aliphatic rings. The van der Waals surface area contributed by atoms with Crippen molar-refractivity contribution in [3.63, 3.8) is 0 Å². The van der Waals surface area contributed by atoms with Gasteiger partial charge in [0.1, 0.15) is 5.82 Å². The number of pyridine rings is 1. The first-order valence-electron chi connectivity index (χ1n) is 4.24. The standard InChI is InChI=1S/C9H13N3/c1-7-2-5-9(11-6-7)12(10)8-3-4-8/h2,5-6,8H,3-4,10H2,1H3. The first-order valence-corrected chi connectivity index (χ1v) is 4.24. The van der Waals surface area contributed by atoms with Crippen molar-refractivity contribution in [3.8, 4) is 0 Å². The number of hydrazine groups is 1. The molecule has 0 atom stereocenters. The first kappa shape index (κ1) is 7.55. The van der Waals surface area contributed by atoms with Crippen LogP contribution >= 0.6 is 0 Å². The summed E-state index contributed by atoms with van der Waals surface area (Å²) in [4.78, 5) is 4.24. The SMILES string of the molecule is Cc1ccc(N(N)C2CC2)nc1. The Kier molecular flexibility index (Phi) is 1.73. The lowest BCUT2D eigenvalue weighted by atomic mass is 10.3. The molecule has 3 heteroatoms. The van der Waals surface area contributed by atoms with Crippen LogP contribution in [-0.2, 0) is 0 Å². The number of rotatable bonds is 2. The molecule has 1 aromatic heterocycles. The molecule has 0 aromatic carbocycles. The van der Waals surface area contributed by atoms with E-state index in [2.05, 4.69) is 4.98 Å². The van der Waals surface area contributed by atoms with Gasteiger partial charge in [0.15, 0.2) is 0 Å². The molecule has 1 saturated carbocycles. The van der Waals surface area contributed by atoms with E-state index in [1.165, 1.54) is 18.4 Å². The fourth-order valence-corrected chi connectivity index (χ4v) is 1.15. The van der Waals surface area contributed by atoms with Crippen molar-refractivity contribution >= 4 is 5.82 Å². The highest BCUT2D eigenvalue weighted by atomic mass is 15.5. The van der Waals surface area contributed by atoms with Crippen LogP contribution in [0.25, 0.3) is 0 Å². The maximum atomic E-state index is 5.82. The Morgan fingerprint density at radius 3 is 2.75 bits per heavy atom. The quantitative estimate of drug-likeness (QED) is 0.526. The molecule has 0 unspecified atom stereocenters. The molecule has 0 radical (unpaired) electrons. The predicted molar refractivity (Wildman–Crippen MR) is 48.7 cm³/mol. The van der Waals surface area contributed by atoms with Gasteiger partial charge in [-0.05, 0) is 31.4 Å². The summed E-state index contributed by atoms with van der Waals surface area (Å²) >= 11 is 0. The molecule has 0 amide bonds. The summed E-state index contributed by atoms with van der Waals surface area (Å²) < 4.78 is 0. The van der Waals surface area contributed by atoms with E-state index in [1.807, 2.05) is 25.3 Å². The Hall–Kier alpha value is -1.09. The molecule has 64 valence electrons. The van der Waals surface area contributed by atoms with Gasteiger partial charge in [-0.15, -0.1) is 0 Å². The van der Waals surface area contributed by atoms with Crippen molar-refractivity contribution in [1.29, 1.82) is 0 Å². The predicted octanol–water partition coefficient (Wildman–Crippen LogP) is 1.23. The average Bonchev–Trinajstić information content (AvgIpc) is 2.87. The van der Waals surface area contributed by atoms with Gasteiger partial charge in [0, 0.05) is 12.2 Å². The van der Waals surface area contributed by atoms with E-state index in [1.54, 1.807) is 5.01 Å². The van der Waals surface area contributed by atoms with Crippen LogP contribution in [0.4, 0.5) is 5.82 Å². The van der Waals surface area contributed by atoms with Crippen LogP contribution in [-0.4, -0.2) is 11.0 Å². The van der Waals surface area contributed by atoms with E-state index in [9.17, 15) is 0 Å². The minimum absolute atomic E-state index is 0.528. The third-order valence-corrected chi connectivity index (χ3v) is 2.10. The van der Waals surface area contributed by atoms with Gasteiger partial charge in [-0.3, -0.25) is 5.01 Å². The lowest BCUT2D eigenvalue weighted by molar-refractivity contribution is 0.826. The molecule has 2 N–H and O–H groups in total. The van der Waals surface area contributed by atoms with Gasteiger partial charge >= 0.3 is 0 Å². The van der Waals surface area contributed by atoms with Crippen LogP contribution in [0.15, 0.2) is 18.3 Å². The molecule has 0 spiro atoms. The van der Waals surface area contributed by atoms with Gasteiger partial charge in [0.05, 0.1) is 0 Å². The number of hydrogen-bond donors (Lipinski definition) is 1. The Balaban J connectivity index is 2.16. The molecular formula is C9H13N3. The molecule has 12 heavy (non-hydrogen) atoms. The van der Waals surface area contributed by atoms with Crippen molar-refractivity contribution in [3.05, 3.63) is 23.9 Å². The molecule has 1 heterocycles. The Bertz CT molecular complexity index is 264. The van der Waals surface area contributed by atoms with Crippen molar-refractivity contribution in [2.24, 2.45) is 5.84 Å². The third kappa shape index (κ3) is 1.41. The molecule has 0 bridgehead atoms. The van der Waals surface area contributed by atoms with Gasteiger partial charge in [0.2, 0.25) is 0 Å². The van der Waals surface area contributed by atoms with Gasteiger partial charge in [-0.2, -0.15) is 0 Å². The number of hydrogen-bond acceptors (Lipinski definition) is 3. The van der Waals surface area contributed by atoms with Crippen LogP contribution in [0.5, 0.6) is 0 Å². The molecule has 1 fully saturated rings. The molecule has 1 aromatic rings. The summed E-state index contributed by atoms with van der Waals surface area (Å²) in [7, 11) is 0. The molecule has 0 aliphatic heterocycles. The highest BCUT2D eigenvalue weighted by Crippen LogP contribution is 2.27. The van der Waals surface area contributed by atoms with Gasteiger partial charge in [-0.1, -0.05) is 6.07 Å². The normalized spacial score (nSPS) is 16.2. The zero-order valence-electron chi connectivity index (χ0n) is 7.20. The monoisotopic (exact) mass is 163 g/mol. The highest BCUT2D eigenvalue weighted by Gasteiger charge is 2.27. The Labute approximate surface area is 72.2 Å². The minimum Gasteiger partial charge on any atom is -0.292 e. The lowest BCUT2D eigenvalue weighted by Crippen LogP contribution is -2.33. The van der Waals surface area contributed by atoms with Crippen LogP contribution < -0.4 is 10.9 Å². The third-order valence-electron chi connectivity index (χ3n) is 2.10. The van der Waals surface area contributed by atoms with E-state index >= 15 is 0 Å². The Morgan fingerprint density at radius 2 is 2.25 bits per heavy atom. The smallest absolute Gasteiger partial charge is 0.142 e. The summed E-state index contributed by atoms with van der Waals surface area (Å²) in [6.07, 6.45) is 4.25. The van der Waals surface area contributed by atoms with Crippen LogP contribution in [0.3, 0.4) is 0 Å². The van der Waals surface area contributed by atoms with Crippen LogP contribution in [0.1, 0.15) is 18.4 Å². The maximum Gasteiger partial charge on any atom is 0.142 e. The second-order valence-electron chi connectivity index (χ2n) is 3.33. The van der Waals surface area contributed by atoms with E-state index in [-0.39, 0.29) is 0 Å². The fraction of sp³-hybridized carbons (Fsp3) is 0.444. The number of aryl methyl sites for hydroxylation is 1. The van der Waals surface area contributed by atoms with E-state index < -0.39 is 0 Å². The van der Waals surface area contributed by atoms with Crippen LogP contribution in [0.2, 0.25) is 0 Å². The molecule has 0 saturated heterocycles. The largest absolute Gasteiger partial charge is 0.292 e. The van der Waals surface area contributed by atoms with Gasteiger partial charge in [-0.25, -0.2) is 10.8 Å². The second-order valence-corrected chi connectivity index (χ2v) is 3.33. The molecule has 3 nitrogen and oxygen atoms in total. The summed E-state index contributed by atoms with van der Waals surface area (Å²) in [6.45, 7) is 2.02. The summed E-state index contributed by atoms with van der Waals surface area (Å²) in [5, 5.41) is 1.76. The van der Waals surface area contributed by atoms with Crippen molar-refractivity contribution < 1.29 is 0 Å². The maximum absolute atomic E-state index is 5.82. The summed E-state index contributed by atoms with van der Waals surface area (Å²) in [5.74, 6) is 6.70. The zero-order chi connectivity index (χ0) is 8.55. The summed E-state index contributed by atoms with van der Waals surface area (Å²) in [5.41, 5.74) is 1.17. The zero-order valence-corrected chi connectivity index (χ0v) is 7.20. The fourth-order valence-electron chi connectivity index (χ4n) is 1.15. The molecular weight excluding hydrogens is 150 g/mol. The minimum atomic E-state index is 0.528. The topological polar surface area (TPSA) is 42.1 Å². The number of nitrogens with two attached hydrogens (primary N) is 1. The second kappa shape index (κ2) is 2.75. The average molecular weight is 163 g/mol. The van der Waals surface area contributed by atoms with E-state index in [0.717, 1.165) is 5.82 Å². The molecule has 1 aliphatic carbocycles. The lowest BCUT2D eigenvalue weighted by Gasteiger charge is -2.16. The van der Waals surface area contributed by atoms with Crippen molar-refractivity contribution in [2.45, 2.75) is 25.8 Å². The number of nitrogens with zero attached hydrogens (tertiary/aromatic N) is 2. The first-order chi connectivity index (χ1) is 5.77. The number of aromatic nitrogens is 1. The van der Waals surface area contributed by atoms with E-state index in [0.29, 0.717) is 6.04 Å². The van der Waals surface area contributed by atoms with Crippen molar-refractivity contribution in [1.82, 2.24) is 4.98 Å². The van der Waals surface area contributed by atoms with Crippen molar-refractivity contribution in [2.75, 3.05) is 5.01 Å². The van der Waals surface area contributed by atoms with E-state index in [4.69, 9.17) is 5.84 Å². The molecule has 2 rings (SSSR count). The number of anilines is 1. The Morgan fingerprint density at radius 1 is 1.50 bits per heavy atom. The van der Waals surface area contributed by atoms with Crippen LogP contribution in [0, 0.1) is 6.92 Å². The highest BCUT2D eigenvalue weighted by molar-refractivity contribution is 5.39. The van der Waals surface area contributed by atoms with Gasteiger partial charge < -0.3 is 0 Å². The summed E-state index contributed by atoms with van der Waals surface area (Å²) in [6, 6.07) is 4.53. The van der Waals surface area contributed by atoms with Gasteiger partial charge in [0.25, 0.3) is 0 Å².